The van der Waals surface area contributed by atoms with Gasteiger partial charge in [-0.25, -0.2) is 0 Å². The number of nitrogens with two attached hydrogens (primary N) is 2. The van der Waals surface area contributed by atoms with Crippen LogP contribution in [0.15, 0.2) is 70.9 Å². The topological polar surface area (TPSA) is 86.2 Å². The third-order valence-corrected chi connectivity index (χ3v) is 3.50. The van der Waals surface area contributed by atoms with Crippen LogP contribution in [0, 0.1) is 0 Å². The lowest BCUT2D eigenvalue weighted by atomic mass is 9.84. The van der Waals surface area contributed by atoms with Gasteiger partial charge in [0.25, 0.3) is 0 Å². The first-order chi connectivity index (χ1) is 9.58. The van der Waals surface area contributed by atoms with Gasteiger partial charge in [-0.1, -0.05) is 48.6 Å². The second-order valence-electron chi connectivity index (χ2n) is 4.90. The quantitative estimate of drug-likeness (QED) is 0.630. The van der Waals surface area contributed by atoms with Crippen molar-refractivity contribution < 1.29 is 9.59 Å². The summed E-state index contributed by atoms with van der Waals surface area (Å²) < 4.78 is 0. The summed E-state index contributed by atoms with van der Waals surface area (Å²) in [5, 5.41) is 0. The Balaban J connectivity index is 2.15. The molecule has 3 rings (SSSR count). The average molecular weight is 266 g/mol. The molecule has 20 heavy (non-hydrogen) atoms. The van der Waals surface area contributed by atoms with E-state index in [2.05, 4.69) is 0 Å². The Labute approximate surface area is 116 Å². The van der Waals surface area contributed by atoms with Gasteiger partial charge in [0.15, 0.2) is 11.6 Å². The largest absolute Gasteiger partial charge is 0.321 e. The first-order valence-corrected chi connectivity index (χ1v) is 6.40. The number of hydrogen-bond acceptors (Lipinski definition) is 4. The van der Waals surface area contributed by atoms with Gasteiger partial charge in [-0.3, -0.25) is 9.59 Å². The van der Waals surface area contributed by atoms with Gasteiger partial charge < -0.3 is 11.5 Å². The van der Waals surface area contributed by atoms with Crippen molar-refractivity contribution in [1.29, 1.82) is 0 Å². The van der Waals surface area contributed by atoms with Crippen molar-refractivity contribution in [2.45, 2.75) is 12.1 Å². The maximum absolute atomic E-state index is 12.5. The highest BCUT2D eigenvalue weighted by Crippen LogP contribution is 2.30. The number of carbonyl (C=O) groups is 2. The summed E-state index contributed by atoms with van der Waals surface area (Å²) in [6.45, 7) is 0. The van der Waals surface area contributed by atoms with E-state index in [0.717, 1.165) is 0 Å². The van der Waals surface area contributed by atoms with Crippen molar-refractivity contribution in [3.8, 4) is 0 Å². The normalized spacial score (nSPS) is 23.1. The van der Waals surface area contributed by atoms with E-state index in [-0.39, 0.29) is 23.7 Å². The number of carbonyl (C=O) groups excluding carboxylic acids is 2. The third-order valence-electron chi connectivity index (χ3n) is 3.50. The molecule has 0 fully saturated rings. The molecule has 3 aliphatic carbocycles. The zero-order valence-corrected chi connectivity index (χ0v) is 10.7. The Bertz CT molecular complexity index is 575. The van der Waals surface area contributed by atoms with E-state index in [0.29, 0.717) is 22.3 Å². The van der Waals surface area contributed by atoms with Crippen LogP contribution in [0.1, 0.15) is 0 Å². The minimum atomic E-state index is -0.291. The number of rotatable bonds is 0. The van der Waals surface area contributed by atoms with Crippen molar-refractivity contribution >= 4 is 11.6 Å². The van der Waals surface area contributed by atoms with Crippen molar-refractivity contribution in [3.05, 3.63) is 70.9 Å². The van der Waals surface area contributed by atoms with Gasteiger partial charge in [0, 0.05) is 34.4 Å². The van der Waals surface area contributed by atoms with E-state index in [1.54, 1.807) is 48.6 Å². The van der Waals surface area contributed by atoms with E-state index < -0.39 is 0 Å². The van der Waals surface area contributed by atoms with Crippen LogP contribution in [0.4, 0.5) is 0 Å². The average Bonchev–Trinajstić information content (AvgIpc) is 2.73. The van der Waals surface area contributed by atoms with Crippen LogP contribution >= 0.6 is 0 Å². The Morgan fingerprint density at radius 3 is 1.10 bits per heavy atom. The van der Waals surface area contributed by atoms with Gasteiger partial charge in [0.05, 0.1) is 0 Å². The molecule has 0 spiro atoms. The summed E-state index contributed by atoms with van der Waals surface area (Å²) in [7, 11) is 0. The molecular formula is C16H14N2O2. The van der Waals surface area contributed by atoms with Crippen molar-refractivity contribution in [2.75, 3.05) is 0 Å². The van der Waals surface area contributed by atoms with Gasteiger partial charge in [-0.2, -0.15) is 0 Å². The highest BCUT2D eigenvalue weighted by atomic mass is 16.1. The summed E-state index contributed by atoms with van der Waals surface area (Å²) in [4.78, 5) is 25.1. The van der Waals surface area contributed by atoms with Gasteiger partial charge in [0.2, 0.25) is 0 Å². The molecule has 4 N–H and O–H groups in total. The summed E-state index contributed by atoms with van der Waals surface area (Å²) in [6.07, 6.45) is 13.3. The van der Waals surface area contributed by atoms with Crippen LogP contribution in [0.5, 0.6) is 0 Å². The Morgan fingerprint density at radius 1 is 0.600 bits per heavy atom. The fourth-order valence-corrected chi connectivity index (χ4v) is 2.40. The molecule has 0 amide bonds. The van der Waals surface area contributed by atoms with Crippen molar-refractivity contribution in [2.24, 2.45) is 11.5 Å². The summed E-state index contributed by atoms with van der Waals surface area (Å²) in [5.74, 6) is -0.334. The first kappa shape index (κ1) is 12.7. The first-order valence-electron chi connectivity index (χ1n) is 6.40. The minimum Gasteiger partial charge on any atom is -0.321 e. The second kappa shape index (κ2) is 4.67. The van der Waals surface area contributed by atoms with Gasteiger partial charge in [-0.05, 0) is 0 Å². The minimum absolute atomic E-state index is 0.167. The lowest BCUT2D eigenvalue weighted by Gasteiger charge is -2.16. The molecule has 0 aromatic heterocycles. The van der Waals surface area contributed by atoms with Crippen LogP contribution in [0.25, 0.3) is 0 Å². The highest BCUT2D eigenvalue weighted by molar-refractivity contribution is 6.29. The Hall–Kier alpha value is -2.30. The molecule has 100 valence electrons. The number of allylic oxidation sites excluding steroid dienone is 8. The fourth-order valence-electron chi connectivity index (χ4n) is 2.40. The zero-order chi connectivity index (χ0) is 14.3. The molecule has 0 aromatic rings. The Kier molecular flexibility index (Phi) is 2.97. The number of ketones is 2. The molecule has 0 unspecified atom stereocenters. The molecule has 3 aliphatic rings. The van der Waals surface area contributed by atoms with Gasteiger partial charge >= 0.3 is 0 Å². The predicted octanol–water partition coefficient (Wildman–Crippen LogP) is 0.638. The zero-order valence-electron chi connectivity index (χ0n) is 10.7. The van der Waals surface area contributed by atoms with Crippen LogP contribution in [-0.2, 0) is 9.59 Å². The molecule has 0 aliphatic heterocycles. The number of hydrogen-bond donors (Lipinski definition) is 2. The van der Waals surface area contributed by atoms with E-state index >= 15 is 0 Å². The van der Waals surface area contributed by atoms with Crippen LogP contribution in [0.3, 0.4) is 0 Å². The van der Waals surface area contributed by atoms with Crippen LogP contribution < -0.4 is 11.5 Å². The molecule has 4 nitrogen and oxygen atoms in total. The summed E-state index contributed by atoms with van der Waals surface area (Å²) >= 11 is 0. The van der Waals surface area contributed by atoms with E-state index in [1.807, 2.05) is 0 Å². The SMILES string of the molecule is NC1C=CC2=C(C=C1)C(=O)C1=C(C=CC(N)C=C1)C2=O. The molecular weight excluding hydrogens is 252 g/mol. The Morgan fingerprint density at radius 2 is 0.850 bits per heavy atom. The standard InChI is InChI=1S/C16H14N2O2/c17-9-1-5-11-12(6-2-9)16(20)14-8-4-10(18)3-7-13(14)15(11)19/h1-10H,17-18H2. The smallest absolute Gasteiger partial charge is 0.194 e. The lowest BCUT2D eigenvalue weighted by Crippen LogP contribution is -2.20. The molecule has 0 atom stereocenters. The molecule has 0 radical (unpaired) electrons. The lowest BCUT2D eigenvalue weighted by molar-refractivity contribution is -0.115. The van der Waals surface area contributed by atoms with Crippen molar-refractivity contribution in [3.63, 3.8) is 0 Å². The summed E-state index contributed by atoms with van der Waals surface area (Å²) in [6, 6.07) is -0.582. The third kappa shape index (κ3) is 1.95. The molecule has 0 saturated heterocycles. The van der Waals surface area contributed by atoms with E-state index in [9.17, 15) is 9.59 Å². The maximum atomic E-state index is 12.5. The molecule has 0 heterocycles. The second-order valence-corrected chi connectivity index (χ2v) is 4.90. The molecule has 0 saturated carbocycles. The van der Waals surface area contributed by atoms with Crippen LogP contribution in [0.2, 0.25) is 0 Å². The van der Waals surface area contributed by atoms with Gasteiger partial charge in [0.1, 0.15) is 0 Å². The fraction of sp³-hybridized carbons (Fsp3) is 0.125. The van der Waals surface area contributed by atoms with Crippen molar-refractivity contribution in [1.82, 2.24) is 0 Å². The monoisotopic (exact) mass is 266 g/mol. The molecule has 4 heteroatoms. The number of Topliss-reactive ketones (excluding diaryl/α,β-unsaturated/α-hetero) is 2. The molecule has 0 aromatic carbocycles. The highest BCUT2D eigenvalue weighted by Gasteiger charge is 2.31. The predicted molar refractivity (Wildman–Crippen MR) is 76.6 cm³/mol. The van der Waals surface area contributed by atoms with Crippen LogP contribution in [-0.4, -0.2) is 23.7 Å². The van der Waals surface area contributed by atoms with Gasteiger partial charge in [-0.15, -0.1) is 0 Å². The molecule has 0 bridgehead atoms. The summed E-state index contributed by atoms with van der Waals surface area (Å²) in [5.41, 5.74) is 13.2. The maximum Gasteiger partial charge on any atom is 0.194 e. The van der Waals surface area contributed by atoms with E-state index in [4.69, 9.17) is 11.5 Å². The van der Waals surface area contributed by atoms with E-state index in [1.165, 1.54) is 0 Å².